The maximum Gasteiger partial charge on any atom is 0.267 e. The number of nitrogens with zero attached hydrogens (tertiary/aromatic N) is 3. The van der Waals surface area contributed by atoms with Gasteiger partial charge < -0.3 is 14.4 Å². The van der Waals surface area contributed by atoms with Gasteiger partial charge in [-0.2, -0.15) is 5.10 Å². The molecule has 1 aliphatic rings. The topological polar surface area (TPSA) is 73.7 Å². The molecule has 2 aromatic rings. The van der Waals surface area contributed by atoms with E-state index in [0.717, 1.165) is 11.3 Å². The first-order chi connectivity index (χ1) is 13.4. The van der Waals surface area contributed by atoms with Crippen LogP contribution in [0.3, 0.4) is 0 Å². The van der Waals surface area contributed by atoms with E-state index in [9.17, 15) is 9.59 Å². The largest absolute Gasteiger partial charge is 0.494 e. The third-order valence-electron chi connectivity index (χ3n) is 4.74. The van der Waals surface area contributed by atoms with Crippen LogP contribution in [0.1, 0.15) is 33.7 Å². The van der Waals surface area contributed by atoms with Crippen LogP contribution in [0, 0.1) is 0 Å². The minimum Gasteiger partial charge on any atom is -0.494 e. The maximum atomic E-state index is 13.0. The zero-order valence-electron chi connectivity index (χ0n) is 16.8. The standard InChI is InChI=1S/C21H27N3O4/c1-5-27-18-8-6-17(7-9-18)19-10-11-20(25)24(22-19)16(4)21(26)23-12-14(2)28-15(3)13-23/h6-11,14-16H,5,12-13H2,1-4H3. The van der Waals surface area contributed by atoms with Crippen molar-refractivity contribution in [1.82, 2.24) is 14.7 Å². The molecule has 0 radical (unpaired) electrons. The van der Waals surface area contributed by atoms with Crippen molar-refractivity contribution in [1.29, 1.82) is 0 Å². The lowest BCUT2D eigenvalue weighted by Crippen LogP contribution is -2.50. The molecule has 0 bridgehead atoms. The Labute approximate surface area is 164 Å². The van der Waals surface area contributed by atoms with Crippen LogP contribution in [-0.2, 0) is 9.53 Å². The second kappa shape index (κ2) is 8.56. The molecular formula is C21H27N3O4. The highest BCUT2D eigenvalue weighted by Crippen LogP contribution is 2.21. The van der Waals surface area contributed by atoms with Gasteiger partial charge in [-0.05, 0) is 58.0 Å². The summed E-state index contributed by atoms with van der Waals surface area (Å²) < 4.78 is 12.4. The van der Waals surface area contributed by atoms with Gasteiger partial charge in [-0.3, -0.25) is 9.59 Å². The van der Waals surface area contributed by atoms with E-state index in [1.165, 1.54) is 10.7 Å². The SMILES string of the molecule is CCOc1ccc(-c2ccc(=O)n(C(C)C(=O)N3CC(C)OC(C)C3)n2)cc1. The Kier molecular flexibility index (Phi) is 6.14. The molecule has 3 rings (SSSR count). The fraction of sp³-hybridized carbons (Fsp3) is 0.476. The van der Waals surface area contributed by atoms with Gasteiger partial charge in [0.1, 0.15) is 11.8 Å². The number of rotatable bonds is 5. The van der Waals surface area contributed by atoms with Gasteiger partial charge in [0.15, 0.2) is 0 Å². The molecule has 7 nitrogen and oxygen atoms in total. The van der Waals surface area contributed by atoms with E-state index in [1.54, 1.807) is 17.9 Å². The van der Waals surface area contributed by atoms with E-state index in [1.807, 2.05) is 45.0 Å². The summed E-state index contributed by atoms with van der Waals surface area (Å²) in [5.41, 5.74) is 1.18. The van der Waals surface area contributed by atoms with Crippen molar-refractivity contribution in [2.45, 2.75) is 45.9 Å². The number of hydrogen-bond acceptors (Lipinski definition) is 5. The highest BCUT2D eigenvalue weighted by Gasteiger charge is 2.30. The summed E-state index contributed by atoms with van der Waals surface area (Å²) in [6.45, 7) is 9.15. The quantitative estimate of drug-likeness (QED) is 0.791. The van der Waals surface area contributed by atoms with E-state index in [2.05, 4.69) is 5.10 Å². The van der Waals surface area contributed by atoms with E-state index in [-0.39, 0.29) is 23.7 Å². The highest BCUT2D eigenvalue weighted by atomic mass is 16.5. The molecule has 3 atom stereocenters. The van der Waals surface area contributed by atoms with Gasteiger partial charge in [-0.1, -0.05) is 0 Å². The summed E-state index contributed by atoms with van der Waals surface area (Å²) in [4.78, 5) is 27.1. The summed E-state index contributed by atoms with van der Waals surface area (Å²) in [6.07, 6.45) is -0.0560. The molecule has 1 aromatic heterocycles. The lowest BCUT2D eigenvalue weighted by atomic mass is 10.1. The molecule has 1 aromatic carbocycles. The molecule has 0 aliphatic carbocycles. The molecule has 1 fully saturated rings. The number of ether oxygens (including phenoxy) is 2. The van der Waals surface area contributed by atoms with Crippen molar-refractivity contribution >= 4 is 5.91 Å². The summed E-state index contributed by atoms with van der Waals surface area (Å²) in [5, 5.41) is 4.46. The van der Waals surface area contributed by atoms with E-state index in [0.29, 0.717) is 25.4 Å². The van der Waals surface area contributed by atoms with Crippen LogP contribution < -0.4 is 10.3 Å². The fourth-order valence-corrected chi connectivity index (χ4v) is 3.47. The number of morpholine rings is 1. The zero-order chi connectivity index (χ0) is 20.3. The van der Waals surface area contributed by atoms with Crippen LogP contribution in [0.2, 0.25) is 0 Å². The van der Waals surface area contributed by atoms with Gasteiger partial charge in [0.05, 0.1) is 24.5 Å². The highest BCUT2D eigenvalue weighted by molar-refractivity contribution is 5.80. The summed E-state index contributed by atoms with van der Waals surface area (Å²) in [7, 11) is 0. The van der Waals surface area contributed by atoms with Gasteiger partial charge >= 0.3 is 0 Å². The number of aromatic nitrogens is 2. The predicted molar refractivity (Wildman–Crippen MR) is 106 cm³/mol. The van der Waals surface area contributed by atoms with Gasteiger partial charge in [-0.15, -0.1) is 0 Å². The molecule has 1 amide bonds. The van der Waals surface area contributed by atoms with Gasteiger partial charge in [0.25, 0.3) is 5.56 Å². The average molecular weight is 385 g/mol. The molecule has 7 heteroatoms. The Balaban J connectivity index is 1.84. The summed E-state index contributed by atoms with van der Waals surface area (Å²) >= 11 is 0. The lowest BCUT2D eigenvalue weighted by Gasteiger charge is -2.36. The molecule has 0 saturated carbocycles. The number of hydrogen-bond donors (Lipinski definition) is 0. The third-order valence-corrected chi connectivity index (χ3v) is 4.74. The van der Waals surface area contributed by atoms with Crippen LogP contribution in [0.5, 0.6) is 5.75 Å². The number of amides is 1. The summed E-state index contributed by atoms with van der Waals surface area (Å²) in [5.74, 6) is 0.652. The number of carbonyl (C=O) groups excluding carboxylic acids is 1. The Morgan fingerprint density at radius 2 is 1.82 bits per heavy atom. The van der Waals surface area contributed by atoms with Gasteiger partial charge in [0.2, 0.25) is 5.91 Å². The molecule has 0 N–H and O–H groups in total. The van der Waals surface area contributed by atoms with Crippen LogP contribution in [0.15, 0.2) is 41.2 Å². The first kappa shape index (κ1) is 20.1. The first-order valence-electron chi connectivity index (χ1n) is 9.66. The second-order valence-corrected chi connectivity index (χ2v) is 7.14. The van der Waals surface area contributed by atoms with Gasteiger partial charge in [-0.25, -0.2) is 4.68 Å². The fourth-order valence-electron chi connectivity index (χ4n) is 3.47. The monoisotopic (exact) mass is 385 g/mol. The van der Waals surface area contributed by atoms with Gasteiger partial charge in [0, 0.05) is 24.7 Å². The normalized spacial score (nSPS) is 20.6. The van der Waals surface area contributed by atoms with Crippen molar-refractivity contribution in [3.63, 3.8) is 0 Å². The van der Waals surface area contributed by atoms with Crippen LogP contribution in [-0.4, -0.2) is 52.5 Å². The predicted octanol–water partition coefficient (Wildman–Crippen LogP) is 2.51. The third kappa shape index (κ3) is 4.42. The molecular weight excluding hydrogens is 358 g/mol. The first-order valence-corrected chi connectivity index (χ1v) is 9.66. The van der Waals surface area contributed by atoms with Crippen LogP contribution >= 0.6 is 0 Å². The van der Waals surface area contributed by atoms with Crippen molar-refractivity contribution in [3.05, 3.63) is 46.8 Å². The van der Waals surface area contributed by atoms with Crippen LogP contribution in [0.4, 0.5) is 0 Å². The lowest BCUT2D eigenvalue weighted by molar-refractivity contribution is -0.146. The Hall–Kier alpha value is -2.67. The van der Waals surface area contributed by atoms with Crippen molar-refractivity contribution < 1.29 is 14.3 Å². The minimum absolute atomic E-state index is 0.0280. The molecule has 2 heterocycles. The van der Waals surface area contributed by atoms with Crippen molar-refractivity contribution in [2.24, 2.45) is 0 Å². The minimum atomic E-state index is -0.687. The number of carbonyl (C=O) groups is 1. The second-order valence-electron chi connectivity index (χ2n) is 7.14. The maximum absolute atomic E-state index is 13.0. The van der Waals surface area contributed by atoms with Crippen molar-refractivity contribution in [2.75, 3.05) is 19.7 Å². The molecule has 1 saturated heterocycles. The van der Waals surface area contributed by atoms with E-state index < -0.39 is 6.04 Å². The zero-order valence-corrected chi connectivity index (χ0v) is 16.8. The average Bonchev–Trinajstić information content (AvgIpc) is 2.67. The smallest absolute Gasteiger partial charge is 0.267 e. The van der Waals surface area contributed by atoms with E-state index in [4.69, 9.17) is 9.47 Å². The molecule has 1 aliphatic heterocycles. The molecule has 0 spiro atoms. The Bertz CT molecular complexity index is 868. The Morgan fingerprint density at radius 3 is 2.43 bits per heavy atom. The summed E-state index contributed by atoms with van der Waals surface area (Å²) in [6, 6.07) is 9.94. The molecule has 3 unspecified atom stereocenters. The molecule has 150 valence electrons. The Morgan fingerprint density at radius 1 is 1.18 bits per heavy atom. The van der Waals surface area contributed by atoms with E-state index >= 15 is 0 Å². The number of benzene rings is 1. The molecule has 28 heavy (non-hydrogen) atoms. The van der Waals surface area contributed by atoms with Crippen molar-refractivity contribution in [3.8, 4) is 17.0 Å². The van der Waals surface area contributed by atoms with Crippen LogP contribution in [0.25, 0.3) is 11.3 Å².